The van der Waals surface area contributed by atoms with E-state index in [-0.39, 0.29) is 5.82 Å². The number of nitrogens with zero attached hydrogens (tertiary/aromatic N) is 5. The van der Waals surface area contributed by atoms with Crippen molar-refractivity contribution in [1.82, 2.24) is 14.9 Å². The number of anilines is 1. The molecular weight excluding hydrogens is 342 g/mol. The summed E-state index contributed by atoms with van der Waals surface area (Å²) in [5, 5.41) is 8.88. The molecule has 1 aliphatic heterocycles. The van der Waals surface area contributed by atoms with Crippen molar-refractivity contribution >= 4 is 21.7 Å². The second-order valence-corrected chi connectivity index (χ2v) is 6.16. The van der Waals surface area contributed by atoms with Crippen molar-refractivity contribution in [3.63, 3.8) is 0 Å². The number of nitriles is 1. The van der Waals surface area contributed by atoms with Crippen molar-refractivity contribution in [3.05, 3.63) is 52.4 Å². The van der Waals surface area contributed by atoms with E-state index in [0.29, 0.717) is 0 Å². The highest BCUT2D eigenvalue weighted by molar-refractivity contribution is 9.10. The standard InChI is InChI=1S/C16H16BrN5/c17-14-3-1-13(2-4-14)12-21-7-9-22(10-8-21)16-5-6-19-15(11-18)20-16/h1-6H,7-10,12H2. The molecule has 0 saturated carbocycles. The van der Waals surface area contributed by atoms with Crippen molar-refractivity contribution in [2.45, 2.75) is 6.54 Å². The molecule has 0 amide bonds. The van der Waals surface area contributed by atoms with Gasteiger partial charge < -0.3 is 4.90 Å². The Kier molecular flexibility index (Phi) is 4.66. The smallest absolute Gasteiger partial charge is 0.234 e. The minimum atomic E-state index is 0.231. The molecular formula is C16H16BrN5. The third-order valence-corrected chi connectivity index (χ3v) is 4.29. The van der Waals surface area contributed by atoms with Gasteiger partial charge in [0.1, 0.15) is 11.9 Å². The zero-order valence-corrected chi connectivity index (χ0v) is 13.7. The first-order valence-corrected chi connectivity index (χ1v) is 7.99. The fourth-order valence-electron chi connectivity index (χ4n) is 2.56. The average Bonchev–Trinajstić information content (AvgIpc) is 2.58. The first-order valence-electron chi connectivity index (χ1n) is 7.19. The van der Waals surface area contributed by atoms with Crippen LogP contribution in [0.5, 0.6) is 0 Å². The summed E-state index contributed by atoms with van der Waals surface area (Å²) in [7, 11) is 0. The number of rotatable bonds is 3. The van der Waals surface area contributed by atoms with Crippen LogP contribution in [0.3, 0.4) is 0 Å². The molecule has 0 radical (unpaired) electrons. The molecule has 0 N–H and O–H groups in total. The van der Waals surface area contributed by atoms with Crippen molar-refractivity contribution < 1.29 is 0 Å². The van der Waals surface area contributed by atoms with E-state index >= 15 is 0 Å². The van der Waals surface area contributed by atoms with Gasteiger partial charge in [0.2, 0.25) is 5.82 Å². The van der Waals surface area contributed by atoms with E-state index in [9.17, 15) is 0 Å². The molecule has 112 valence electrons. The lowest BCUT2D eigenvalue weighted by Gasteiger charge is -2.35. The zero-order valence-electron chi connectivity index (χ0n) is 12.1. The molecule has 22 heavy (non-hydrogen) atoms. The highest BCUT2D eigenvalue weighted by atomic mass is 79.9. The highest BCUT2D eigenvalue weighted by Crippen LogP contribution is 2.16. The Bertz CT molecular complexity index is 672. The largest absolute Gasteiger partial charge is 0.354 e. The summed E-state index contributed by atoms with van der Waals surface area (Å²) in [6.45, 7) is 4.77. The Morgan fingerprint density at radius 3 is 2.50 bits per heavy atom. The molecule has 1 fully saturated rings. The van der Waals surface area contributed by atoms with Gasteiger partial charge in [-0.2, -0.15) is 5.26 Å². The first kappa shape index (κ1) is 14.9. The molecule has 0 atom stereocenters. The molecule has 1 aromatic heterocycles. The number of piperazine rings is 1. The van der Waals surface area contributed by atoms with Gasteiger partial charge in [-0.15, -0.1) is 0 Å². The van der Waals surface area contributed by atoms with Crippen molar-refractivity contribution in [1.29, 1.82) is 5.26 Å². The number of aromatic nitrogens is 2. The summed E-state index contributed by atoms with van der Waals surface area (Å²) in [6.07, 6.45) is 1.65. The number of hydrogen-bond donors (Lipinski definition) is 0. The van der Waals surface area contributed by atoms with Crippen LogP contribution in [-0.2, 0) is 6.54 Å². The first-order chi connectivity index (χ1) is 10.7. The van der Waals surface area contributed by atoms with Crippen LogP contribution in [0, 0.1) is 11.3 Å². The monoisotopic (exact) mass is 357 g/mol. The van der Waals surface area contributed by atoms with Crippen LogP contribution < -0.4 is 4.90 Å². The molecule has 1 saturated heterocycles. The minimum absolute atomic E-state index is 0.231. The molecule has 0 unspecified atom stereocenters. The van der Waals surface area contributed by atoms with E-state index < -0.39 is 0 Å². The maximum Gasteiger partial charge on any atom is 0.234 e. The highest BCUT2D eigenvalue weighted by Gasteiger charge is 2.18. The molecule has 0 bridgehead atoms. The Morgan fingerprint density at radius 1 is 1.09 bits per heavy atom. The van der Waals surface area contributed by atoms with Gasteiger partial charge in [0, 0.05) is 43.4 Å². The fraction of sp³-hybridized carbons (Fsp3) is 0.312. The van der Waals surface area contributed by atoms with Gasteiger partial charge in [0.15, 0.2) is 0 Å². The van der Waals surface area contributed by atoms with Crippen LogP contribution in [0.15, 0.2) is 41.0 Å². The van der Waals surface area contributed by atoms with Crippen molar-refractivity contribution in [2.24, 2.45) is 0 Å². The lowest BCUT2D eigenvalue weighted by Crippen LogP contribution is -2.46. The Morgan fingerprint density at radius 2 is 1.82 bits per heavy atom. The summed E-state index contributed by atoms with van der Waals surface area (Å²) in [4.78, 5) is 12.8. The normalized spacial score (nSPS) is 15.5. The van der Waals surface area contributed by atoms with E-state index in [1.807, 2.05) is 12.1 Å². The van der Waals surface area contributed by atoms with Crippen molar-refractivity contribution in [3.8, 4) is 6.07 Å². The van der Waals surface area contributed by atoms with Gasteiger partial charge in [-0.3, -0.25) is 4.90 Å². The van der Waals surface area contributed by atoms with Crippen LogP contribution in [0.1, 0.15) is 11.4 Å². The quantitative estimate of drug-likeness (QED) is 0.844. The number of hydrogen-bond acceptors (Lipinski definition) is 5. The fourth-order valence-corrected chi connectivity index (χ4v) is 2.83. The van der Waals surface area contributed by atoms with Crippen molar-refractivity contribution in [2.75, 3.05) is 31.1 Å². The molecule has 2 aromatic rings. The Balaban J connectivity index is 1.58. The Hall–Kier alpha value is -1.97. The van der Waals surface area contributed by atoms with Gasteiger partial charge in [-0.05, 0) is 23.8 Å². The molecule has 5 nitrogen and oxygen atoms in total. The van der Waals surface area contributed by atoms with Crippen LogP contribution in [0.2, 0.25) is 0 Å². The number of benzene rings is 1. The van der Waals surface area contributed by atoms with Gasteiger partial charge in [-0.1, -0.05) is 28.1 Å². The molecule has 1 aliphatic rings. The predicted molar refractivity (Wildman–Crippen MR) is 88.4 cm³/mol. The van der Waals surface area contributed by atoms with E-state index in [0.717, 1.165) is 43.0 Å². The van der Waals surface area contributed by atoms with Crippen LogP contribution in [0.25, 0.3) is 0 Å². The summed E-state index contributed by atoms with van der Waals surface area (Å²) < 4.78 is 1.11. The summed E-state index contributed by atoms with van der Waals surface area (Å²) in [6, 6.07) is 12.3. The van der Waals surface area contributed by atoms with Crippen LogP contribution >= 0.6 is 15.9 Å². The third kappa shape index (κ3) is 3.62. The summed E-state index contributed by atoms with van der Waals surface area (Å²) >= 11 is 3.46. The minimum Gasteiger partial charge on any atom is -0.354 e. The molecule has 1 aromatic carbocycles. The van der Waals surface area contributed by atoms with Gasteiger partial charge >= 0.3 is 0 Å². The second-order valence-electron chi connectivity index (χ2n) is 5.24. The summed E-state index contributed by atoms with van der Waals surface area (Å²) in [5.41, 5.74) is 1.32. The second kappa shape index (κ2) is 6.86. The van der Waals surface area contributed by atoms with E-state index in [1.54, 1.807) is 6.20 Å². The molecule has 6 heteroatoms. The van der Waals surface area contributed by atoms with Crippen LogP contribution in [0.4, 0.5) is 5.82 Å². The van der Waals surface area contributed by atoms with Gasteiger partial charge in [0.05, 0.1) is 0 Å². The molecule has 0 spiro atoms. The average molecular weight is 358 g/mol. The lowest BCUT2D eigenvalue weighted by atomic mass is 10.2. The molecule has 2 heterocycles. The zero-order chi connectivity index (χ0) is 15.4. The Labute approximate surface area is 138 Å². The SMILES string of the molecule is N#Cc1nccc(N2CCN(Cc3ccc(Br)cc3)CC2)n1. The molecule has 3 rings (SSSR count). The van der Waals surface area contributed by atoms with E-state index in [1.165, 1.54) is 5.56 Å². The number of halogens is 1. The predicted octanol–water partition coefficient (Wildman–Crippen LogP) is 2.43. The van der Waals surface area contributed by atoms with Crippen LogP contribution in [-0.4, -0.2) is 41.0 Å². The molecule has 0 aliphatic carbocycles. The maximum absolute atomic E-state index is 8.88. The summed E-state index contributed by atoms with van der Waals surface area (Å²) in [5.74, 6) is 1.07. The third-order valence-electron chi connectivity index (χ3n) is 3.76. The topological polar surface area (TPSA) is 56.1 Å². The maximum atomic E-state index is 8.88. The van der Waals surface area contributed by atoms with E-state index in [2.05, 4.69) is 60.0 Å². The van der Waals surface area contributed by atoms with Gasteiger partial charge in [0.25, 0.3) is 0 Å². The lowest BCUT2D eigenvalue weighted by molar-refractivity contribution is 0.249. The van der Waals surface area contributed by atoms with E-state index in [4.69, 9.17) is 5.26 Å². The van der Waals surface area contributed by atoms with Gasteiger partial charge in [-0.25, -0.2) is 9.97 Å².